The van der Waals surface area contributed by atoms with E-state index in [2.05, 4.69) is 4.72 Å². The number of nitrogens with two attached hydrogens (primary N) is 1. The van der Waals surface area contributed by atoms with E-state index in [9.17, 15) is 13.2 Å². The Labute approximate surface area is 135 Å². The highest BCUT2D eigenvalue weighted by atomic mass is 32.2. The van der Waals surface area contributed by atoms with Crippen molar-refractivity contribution < 1.29 is 17.9 Å². The third-order valence-corrected chi connectivity index (χ3v) is 6.13. The zero-order chi connectivity index (χ0) is 16.8. The lowest BCUT2D eigenvalue weighted by molar-refractivity contribution is -0.132. The number of fused-ring (bicyclic) bond motifs is 1. The van der Waals surface area contributed by atoms with Gasteiger partial charge in [0.25, 0.3) is 0 Å². The van der Waals surface area contributed by atoms with E-state index in [4.69, 9.17) is 10.5 Å². The molecule has 0 radical (unpaired) electrons. The Balaban J connectivity index is 1.89. The highest BCUT2D eigenvalue weighted by Crippen LogP contribution is 2.38. The molecule has 7 nitrogen and oxygen atoms in total. The van der Waals surface area contributed by atoms with E-state index in [-0.39, 0.29) is 16.9 Å². The van der Waals surface area contributed by atoms with Crippen molar-refractivity contribution in [2.24, 2.45) is 5.73 Å². The summed E-state index contributed by atoms with van der Waals surface area (Å²) in [5, 5.41) is 0. The molecule has 126 valence electrons. The molecule has 0 atom stereocenters. The van der Waals surface area contributed by atoms with Gasteiger partial charge in [0.1, 0.15) is 5.54 Å². The van der Waals surface area contributed by atoms with Crippen molar-refractivity contribution in [2.75, 3.05) is 25.6 Å². The molecule has 3 N–H and O–H groups in total. The molecule has 23 heavy (non-hydrogen) atoms. The van der Waals surface area contributed by atoms with Crippen LogP contribution in [-0.2, 0) is 26.0 Å². The molecular weight excluding hydrogens is 318 g/mol. The highest BCUT2D eigenvalue weighted by molar-refractivity contribution is 7.89. The van der Waals surface area contributed by atoms with Crippen LogP contribution in [-0.4, -0.2) is 46.7 Å². The molecule has 0 unspecified atom stereocenters. The largest absolute Gasteiger partial charge is 0.381 e. The second-order valence-corrected chi connectivity index (χ2v) is 8.01. The summed E-state index contributed by atoms with van der Waals surface area (Å²) in [7, 11) is -0.581. The van der Waals surface area contributed by atoms with Gasteiger partial charge in [-0.15, -0.1) is 0 Å². The van der Waals surface area contributed by atoms with Crippen LogP contribution in [0, 0.1) is 0 Å². The van der Waals surface area contributed by atoms with Crippen LogP contribution in [0.2, 0.25) is 0 Å². The Morgan fingerprint density at radius 2 is 2.13 bits per heavy atom. The van der Waals surface area contributed by atoms with Crippen LogP contribution in [0.1, 0.15) is 18.4 Å². The summed E-state index contributed by atoms with van der Waals surface area (Å²) in [6.07, 6.45) is 1.69. The van der Waals surface area contributed by atoms with Gasteiger partial charge in [0.2, 0.25) is 15.9 Å². The maximum Gasteiger partial charge on any atom is 0.247 e. The summed E-state index contributed by atoms with van der Waals surface area (Å²) in [4.78, 5) is 14.5. The molecule has 8 heteroatoms. The fraction of sp³-hybridized carbons (Fsp3) is 0.533. The van der Waals surface area contributed by atoms with Gasteiger partial charge in [-0.3, -0.25) is 4.79 Å². The number of amides is 1. The van der Waals surface area contributed by atoms with Crippen LogP contribution in [0.4, 0.5) is 5.69 Å². The third-order valence-electron chi connectivity index (χ3n) is 4.72. The van der Waals surface area contributed by atoms with Gasteiger partial charge in [0.15, 0.2) is 0 Å². The molecular formula is C15H21N3O4S. The minimum Gasteiger partial charge on any atom is -0.381 e. The van der Waals surface area contributed by atoms with Gasteiger partial charge in [-0.1, -0.05) is 6.07 Å². The Bertz CT molecular complexity index is 741. The summed E-state index contributed by atoms with van der Waals surface area (Å²) < 4.78 is 31.4. The number of carbonyl (C=O) groups is 1. The number of hydrogen-bond donors (Lipinski definition) is 2. The van der Waals surface area contributed by atoms with Gasteiger partial charge in [-0.05, 0) is 31.2 Å². The molecule has 1 amide bonds. The van der Waals surface area contributed by atoms with Crippen molar-refractivity contribution in [1.29, 1.82) is 0 Å². The van der Waals surface area contributed by atoms with Crippen molar-refractivity contribution in [3.05, 3.63) is 23.8 Å². The van der Waals surface area contributed by atoms with Crippen LogP contribution in [0.3, 0.4) is 0 Å². The first-order chi connectivity index (χ1) is 10.8. The quantitative estimate of drug-likeness (QED) is 0.803. The van der Waals surface area contributed by atoms with Crippen molar-refractivity contribution in [3.63, 3.8) is 0 Å². The predicted octanol–water partition coefficient (Wildman–Crippen LogP) is -0.00990. The second-order valence-electron chi connectivity index (χ2n) is 6.13. The minimum atomic E-state index is -3.55. The molecule has 0 aromatic heterocycles. The van der Waals surface area contributed by atoms with E-state index >= 15 is 0 Å². The lowest BCUT2D eigenvalue weighted by atomic mass is 9.74. The van der Waals surface area contributed by atoms with Crippen LogP contribution < -0.4 is 15.4 Å². The highest BCUT2D eigenvalue weighted by Gasteiger charge is 2.50. The molecule has 1 aliphatic heterocycles. The second kappa shape index (κ2) is 5.55. The Hall–Kier alpha value is -1.48. The molecule has 1 saturated carbocycles. The lowest BCUT2D eigenvalue weighted by Gasteiger charge is -2.44. The maximum absolute atomic E-state index is 12.8. The Kier molecular flexibility index (Phi) is 3.96. The number of rotatable bonds is 4. The number of anilines is 1. The summed E-state index contributed by atoms with van der Waals surface area (Å²) >= 11 is 0. The fourth-order valence-electron chi connectivity index (χ4n) is 3.22. The van der Waals surface area contributed by atoms with E-state index in [0.717, 1.165) is 5.56 Å². The first-order valence-corrected chi connectivity index (χ1v) is 8.99. The summed E-state index contributed by atoms with van der Waals surface area (Å²) in [6.45, 7) is 0.522. The number of sulfonamides is 1. The van der Waals surface area contributed by atoms with Crippen LogP contribution in [0.5, 0.6) is 0 Å². The van der Waals surface area contributed by atoms with Gasteiger partial charge >= 0.3 is 0 Å². The van der Waals surface area contributed by atoms with Crippen LogP contribution in [0.25, 0.3) is 0 Å². The van der Waals surface area contributed by atoms with E-state index in [1.807, 2.05) is 0 Å². The van der Waals surface area contributed by atoms with Crippen LogP contribution >= 0.6 is 0 Å². The SMILES string of the molecule is CNS(=O)(=O)c1ccc2c(c1)N(C(=O)C1(N)CC(OC)C1)CC2. The average molecular weight is 339 g/mol. The van der Waals surface area contributed by atoms with Gasteiger partial charge < -0.3 is 15.4 Å². The number of ether oxygens (including phenoxy) is 1. The predicted molar refractivity (Wildman–Crippen MR) is 85.7 cm³/mol. The van der Waals surface area contributed by atoms with Crippen molar-refractivity contribution in [1.82, 2.24) is 4.72 Å². The van der Waals surface area contributed by atoms with Gasteiger partial charge in [-0.25, -0.2) is 13.1 Å². The monoisotopic (exact) mass is 339 g/mol. The smallest absolute Gasteiger partial charge is 0.247 e. The number of nitrogens with one attached hydrogen (secondary N) is 1. The fourth-order valence-corrected chi connectivity index (χ4v) is 3.97. The topological polar surface area (TPSA) is 102 Å². The molecule has 1 aromatic rings. The summed E-state index contributed by atoms with van der Waals surface area (Å²) in [5.74, 6) is -0.163. The number of benzene rings is 1. The molecule has 1 heterocycles. The van der Waals surface area contributed by atoms with Crippen molar-refractivity contribution >= 4 is 21.6 Å². The van der Waals surface area contributed by atoms with E-state index in [1.165, 1.54) is 7.05 Å². The first kappa shape index (κ1) is 16.4. The molecule has 3 rings (SSSR count). The molecule has 1 aromatic carbocycles. The molecule has 0 spiro atoms. The van der Waals surface area contributed by atoms with E-state index in [1.54, 1.807) is 30.2 Å². The zero-order valence-electron chi connectivity index (χ0n) is 13.2. The zero-order valence-corrected chi connectivity index (χ0v) is 14.0. The minimum absolute atomic E-state index is 0.0158. The average Bonchev–Trinajstić information content (AvgIpc) is 2.93. The van der Waals surface area contributed by atoms with Crippen molar-refractivity contribution in [3.8, 4) is 0 Å². The number of nitrogens with zero attached hydrogens (tertiary/aromatic N) is 1. The van der Waals surface area contributed by atoms with Crippen molar-refractivity contribution in [2.45, 2.75) is 35.8 Å². The maximum atomic E-state index is 12.8. The van der Waals surface area contributed by atoms with Crippen LogP contribution in [0.15, 0.2) is 23.1 Å². The third kappa shape index (κ3) is 2.65. The standard InChI is InChI=1S/C15H21N3O4S/c1-17-23(20,21)12-4-3-10-5-6-18(13(10)7-12)14(19)15(16)8-11(9-15)22-2/h3-4,7,11,17H,5-6,8-9,16H2,1-2H3. The Morgan fingerprint density at radius 1 is 1.43 bits per heavy atom. The molecule has 2 aliphatic rings. The normalized spacial score (nSPS) is 26.7. The molecule has 0 saturated heterocycles. The van der Waals surface area contributed by atoms with E-state index in [0.29, 0.717) is 31.5 Å². The molecule has 1 aliphatic carbocycles. The number of methoxy groups -OCH3 is 1. The summed E-state index contributed by atoms with van der Waals surface area (Å²) in [5.41, 5.74) is 6.88. The Morgan fingerprint density at radius 3 is 2.74 bits per heavy atom. The molecule has 0 bridgehead atoms. The number of carbonyl (C=O) groups excluding carboxylic acids is 1. The number of hydrogen-bond acceptors (Lipinski definition) is 5. The first-order valence-electron chi connectivity index (χ1n) is 7.51. The lowest BCUT2D eigenvalue weighted by Crippen LogP contribution is -2.64. The van der Waals surface area contributed by atoms with Gasteiger partial charge in [-0.2, -0.15) is 0 Å². The summed E-state index contributed by atoms with van der Waals surface area (Å²) in [6, 6.07) is 4.86. The van der Waals surface area contributed by atoms with Gasteiger partial charge in [0.05, 0.1) is 11.0 Å². The van der Waals surface area contributed by atoms with E-state index < -0.39 is 15.6 Å². The van der Waals surface area contributed by atoms with Gasteiger partial charge in [0, 0.05) is 32.2 Å². The molecule has 1 fully saturated rings.